The van der Waals surface area contributed by atoms with Crippen molar-refractivity contribution in [2.24, 2.45) is 5.92 Å². The summed E-state index contributed by atoms with van der Waals surface area (Å²) in [6.07, 6.45) is 6.44. The highest BCUT2D eigenvalue weighted by atomic mass is 32.2. The van der Waals surface area contributed by atoms with Gasteiger partial charge in [-0.05, 0) is 44.2 Å². The van der Waals surface area contributed by atoms with Crippen molar-refractivity contribution < 1.29 is 27.8 Å². The van der Waals surface area contributed by atoms with Crippen LogP contribution >= 0.6 is 0 Å². The molecule has 3 N–H and O–H groups in total. The molecule has 0 radical (unpaired) electrons. The van der Waals surface area contributed by atoms with Crippen molar-refractivity contribution in [3.63, 3.8) is 0 Å². The number of para-hydroxylation sites is 1. The number of methoxy groups -OCH3 is 1. The molecule has 0 unspecified atom stereocenters. The van der Waals surface area contributed by atoms with Gasteiger partial charge in [0.15, 0.2) is 0 Å². The Morgan fingerprint density at radius 1 is 1.16 bits per heavy atom. The van der Waals surface area contributed by atoms with Gasteiger partial charge in [0, 0.05) is 12.5 Å². The number of aliphatic hydroxyl groups excluding tert-OH is 1. The van der Waals surface area contributed by atoms with Gasteiger partial charge < -0.3 is 19.9 Å². The minimum atomic E-state index is -3.83. The van der Waals surface area contributed by atoms with E-state index in [1.807, 2.05) is 0 Å². The Labute approximate surface area is 184 Å². The van der Waals surface area contributed by atoms with Gasteiger partial charge in [-0.15, -0.1) is 0 Å². The molecular formula is C22H34N2O6S. The van der Waals surface area contributed by atoms with Crippen LogP contribution in [-0.4, -0.2) is 57.9 Å². The van der Waals surface area contributed by atoms with Crippen LogP contribution in [0.25, 0.3) is 0 Å². The zero-order valence-electron chi connectivity index (χ0n) is 18.1. The Kier molecular flexibility index (Phi) is 8.71. The summed E-state index contributed by atoms with van der Waals surface area (Å²) in [7, 11) is -2.40. The minimum absolute atomic E-state index is 0.0572. The second kappa shape index (κ2) is 11.3. The molecule has 9 heteroatoms. The maximum atomic E-state index is 12.8. The van der Waals surface area contributed by atoms with Crippen LogP contribution in [0.2, 0.25) is 0 Å². The molecule has 1 aromatic carbocycles. The average molecular weight is 455 g/mol. The fourth-order valence-corrected chi connectivity index (χ4v) is 5.92. The largest absolute Gasteiger partial charge is 0.495 e. The van der Waals surface area contributed by atoms with E-state index < -0.39 is 22.2 Å². The molecule has 1 heterocycles. The molecule has 1 saturated heterocycles. The third-order valence-electron chi connectivity index (χ3n) is 6.20. The van der Waals surface area contributed by atoms with E-state index >= 15 is 0 Å². The predicted molar refractivity (Wildman–Crippen MR) is 116 cm³/mol. The van der Waals surface area contributed by atoms with E-state index in [0.29, 0.717) is 25.8 Å². The molecule has 8 nitrogen and oxygen atoms in total. The molecule has 1 aliphatic heterocycles. The normalized spacial score (nSPS) is 25.2. The highest BCUT2D eigenvalue weighted by Gasteiger charge is 2.34. The van der Waals surface area contributed by atoms with Crippen molar-refractivity contribution in [1.82, 2.24) is 10.0 Å². The summed E-state index contributed by atoms with van der Waals surface area (Å²) < 4.78 is 39.5. The summed E-state index contributed by atoms with van der Waals surface area (Å²) in [5.41, 5.74) is 0. The Bertz CT molecular complexity index is 825. The number of sulfonamides is 1. The second-order valence-corrected chi connectivity index (χ2v) is 10.0. The van der Waals surface area contributed by atoms with Gasteiger partial charge in [-0.3, -0.25) is 4.79 Å². The van der Waals surface area contributed by atoms with Gasteiger partial charge in [-0.25, -0.2) is 13.1 Å². The van der Waals surface area contributed by atoms with Gasteiger partial charge in [0.1, 0.15) is 10.6 Å². The van der Waals surface area contributed by atoms with Gasteiger partial charge in [-0.2, -0.15) is 0 Å². The van der Waals surface area contributed by atoms with Crippen LogP contribution in [0.15, 0.2) is 29.2 Å². The van der Waals surface area contributed by atoms with Gasteiger partial charge in [0.25, 0.3) is 0 Å². The van der Waals surface area contributed by atoms with Crippen molar-refractivity contribution in [3.8, 4) is 5.75 Å². The van der Waals surface area contributed by atoms with Crippen LogP contribution in [0, 0.1) is 5.92 Å². The summed E-state index contributed by atoms with van der Waals surface area (Å²) in [5.74, 6) is 0.510. The average Bonchev–Trinajstić information content (AvgIpc) is 2.80. The number of carbonyl (C=O) groups is 1. The first-order valence-electron chi connectivity index (χ1n) is 11.1. The van der Waals surface area contributed by atoms with Gasteiger partial charge in [0.2, 0.25) is 15.9 Å². The van der Waals surface area contributed by atoms with E-state index in [-0.39, 0.29) is 35.2 Å². The zero-order chi connectivity index (χ0) is 22.3. The molecule has 1 saturated carbocycles. The molecule has 0 aromatic heterocycles. The zero-order valence-corrected chi connectivity index (χ0v) is 18.9. The fraction of sp³-hybridized carbons (Fsp3) is 0.682. The number of ether oxygens (including phenoxy) is 2. The molecule has 1 aliphatic carbocycles. The lowest BCUT2D eigenvalue weighted by Crippen LogP contribution is -2.51. The van der Waals surface area contributed by atoms with Crippen molar-refractivity contribution in [3.05, 3.63) is 24.3 Å². The Morgan fingerprint density at radius 2 is 1.90 bits per heavy atom. The van der Waals surface area contributed by atoms with E-state index in [4.69, 9.17) is 9.47 Å². The van der Waals surface area contributed by atoms with Crippen LogP contribution in [-0.2, 0) is 19.6 Å². The number of nitrogens with one attached hydrogen (secondary N) is 2. The van der Waals surface area contributed by atoms with Crippen molar-refractivity contribution in [2.45, 2.75) is 74.5 Å². The molecular weight excluding hydrogens is 420 g/mol. The minimum Gasteiger partial charge on any atom is -0.495 e. The monoisotopic (exact) mass is 454 g/mol. The molecule has 0 bridgehead atoms. The number of benzene rings is 1. The Hall–Kier alpha value is -1.68. The van der Waals surface area contributed by atoms with Crippen LogP contribution in [0.5, 0.6) is 5.75 Å². The summed E-state index contributed by atoms with van der Waals surface area (Å²) in [6.45, 7) is 0.236. The van der Waals surface area contributed by atoms with Crippen LogP contribution in [0.4, 0.5) is 0 Å². The molecule has 174 valence electrons. The number of hydrogen-bond acceptors (Lipinski definition) is 6. The van der Waals surface area contributed by atoms with Crippen LogP contribution in [0.1, 0.15) is 51.4 Å². The summed E-state index contributed by atoms with van der Waals surface area (Å²) >= 11 is 0. The highest BCUT2D eigenvalue weighted by Crippen LogP contribution is 2.27. The maximum Gasteiger partial charge on any atom is 0.244 e. The van der Waals surface area contributed by atoms with E-state index in [0.717, 1.165) is 25.7 Å². The van der Waals surface area contributed by atoms with Crippen LogP contribution < -0.4 is 14.8 Å². The second-order valence-electron chi connectivity index (χ2n) is 8.35. The van der Waals surface area contributed by atoms with E-state index in [9.17, 15) is 18.3 Å². The summed E-state index contributed by atoms with van der Waals surface area (Å²) in [4.78, 5) is 12.3. The lowest BCUT2D eigenvalue weighted by Gasteiger charge is -2.36. The maximum absolute atomic E-state index is 12.8. The van der Waals surface area contributed by atoms with E-state index in [1.165, 1.54) is 19.6 Å². The Balaban J connectivity index is 1.50. The lowest BCUT2D eigenvalue weighted by atomic mass is 9.88. The van der Waals surface area contributed by atoms with Crippen molar-refractivity contribution >= 4 is 15.9 Å². The topological polar surface area (TPSA) is 114 Å². The van der Waals surface area contributed by atoms with Crippen molar-refractivity contribution in [1.29, 1.82) is 0 Å². The first kappa shape index (κ1) is 24.0. The van der Waals surface area contributed by atoms with Crippen molar-refractivity contribution in [2.75, 3.05) is 20.3 Å². The lowest BCUT2D eigenvalue weighted by molar-refractivity contribution is -0.126. The first-order chi connectivity index (χ1) is 14.9. The molecule has 3 atom stereocenters. The molecule has 3 rings (SSSR count). The standard InChI is InChI=1S/C22H34N2O6S/c1-29-19-9-5-6-10-21(19)31(27,28)24-18-12-11-17(30-20(18)15-25)13-14-23-22(26)16-7-3-2-4-8-16/h5-6,9-10,16-18,20,24-25H,2-4,7-8,11-15H2,1H3,(H,23,26)/t17-,18-,20+/m0/s1. The van der Waals surface area contributed by atoms with E-state index in [1.54, 1.807) is 18.2 Å². The third kappa shape index (κ3) is 6.41. The fourth-order valence-electron chi connectivity index (χ4n) is 4.45. The van der Waals surface area contributed by atoms with Gasteiger partial charge >= 0.3 is 0 Å². The number of rotatable bonds is 9. The molecule has 1 aromatic rings. The molecule has 2 aliphatic rings. The SMILES string of the molecule is COc1ccccc1S(=O)(=O)N[C@H]1CC[C@@H](CCNC(=O)C2CCCCC2)O[C@@H]1CO. The van der Waals surface area contributed by atoms with Crippen LogP contribution in [0.3, 0.4) is 0 Å². The number of hydrogen-bond donors (Lipinski definition) is 3. The molecule has 0 spiro atoms. The molecule has 1 amide bonds. The quantitative estimate of drug-likeness (QED) is 0.526. The Morgan fingerprint density at radius 3 is 2.61 bits per heavy atom. The molecule has 31 heavy (non-hydrogen) atoms. The third-order valence-corrected chi connectivity index (χ3v) is 7.73. The van der Waals surface area contributed by atoms with E-state index in [2.05, 4.69) is 10.0 Å². The van der Waals surface area contributed by atoms with Gasteiger partial charge in [0.05, 0.1) is 32.0 Å². The smallest absolute Gasteiger partial charge is 0.244 e. The number of amides is 1. The predicted octanol–water partition coefficient (Wildman–Crippen LogP) is 1.97. The van der Waals surface area contributed by atoms with Gasteiger partial charge in [-0.1, -0.05) is 31.4 Å². The highest BCUT2D eigenvalue weighted by molar-refractivity contribution is 7.89. The number of carbonyl (C=O) groups excluding carboxylic acids is 1. The molecule has 2 fully saturated rings. The summed E-state index contributed by atoms with van der Waals surface area (Å²) in [6, 6.07) is 5.88. The summed E-state index contributed by atoms with van der Waals surface area (Å²) in [5, 5.41) is 12.8. The number of aliphatic hydroxyl groups is 1. The first-order valence-corrected chi connectivity index (χ1v) is 12.6.